The molecule has 0 aromatic carbocycles. The van der Waals surface area contributed by atoms with E-state index in [1.165, 1.54) is 63.3 Å². The van der Waals surface area contributed by atoms with Gasteiger partial charge in [0, 0.05) is 24.2 Å². The highest BCUT2D eigenvalue weighted by atomic mass is 32.1. The van der Waals surface area contributed by atoms with E-state index in [0.29, 0.717) is 0 Å². The Morgan fingerprint density at radius 2 is 1.95 bits per heavy atom. The Kier molecular flexibility index (Phi) is 4.88. The molecule has 112 valence electrons. The average molecular weight is 295 g/mol. The molecule has 2 fully saturated rings. The van der Waals surface area contributed by atoms with Crippen molar-refractivity contribution in [3.05, 3.63) is 11.1 Å². The van der Waals surface area contributed by atoms with Crippen LogP contribution in [-0.2, 0) is 6.54 Å². The van der Waals surface area contributed by atoms with E-state index in [4.69, 9.17) is 5.84 Å². The highest BCUT2D eigenvalue weighted by Crippen LogP contribution is 2.24. The smallest absolute Gasteiger partial charge is 0.197 e. The molecule has 0 amide bonds. The summed E-state index contributed by atoms with van der Waals surface area (Å²) in [6.45, 7) is 7.46. The third kappa shape index (κ3) is 3.69. The van der Waals surface area contributed by atoms with E-state index in [2.05, 4.69) is 20.2 Å². The number of nitrogens with zero attached hydrogens (tertiary/aromatic N) is 3. The second-order valence-electron chi connectivity index (χ2n) is 6.00. The molecule has 0 spiro atoms. The molecule has 0 aliphatic carbocycles. The van der Waals surface area contributed by atoms with Crippen molar-refractivity contribution in [2.75, 3.05) is 38.1 Å². The van der Waals surface area contributed by atoms with Crippen LogP contribution in [0.4, 0.5) is 5.13 Å². The van der Waals surface area contributed by atoms with Crippen molar-refractivity contribution >= 4 is 16.5 Å². The Balaban J connectivity index is 1.41. The van der Waals surface area contributed by atoms with E-state index in [1.807, 2.05) is 6.20 Å². The zero-order valence-corrected chi connectivity index (χ0v) is 12.9. The van der Waals surface area contributed by atoms with E-state index in [0.717, 1.165) is 17.6 Å². The second-order valence-corrected chi connectivity index (χ2v) is 7.12. The van der Waals surface area contributed by atoms with Crippen molar-refractivity contribution in [2.45, 2.75) is 32.2 Å². The van der Waals surface area contributed by atoms with Crippen LogP contribution in [0.1, 0.15) is 30.6 Å². The molecular formula is C14H25N5S. The molecule has 1 aromatic heterocycles. The number of thiazole rings is 1. The van der Waals surface area contributed by atoms with Crippen LogP contribution in [0.3, 0.4) is 0 Å². The lowest BCUT2D eigenvalue weighted by Gasteiger charge is -2.33. The first-order chi connectivity index (χ1) is 9.83. The number of anilines is 1. The summed E-state index contributed by atoms with van der Waals surface area (Å²) in [6, 6.07) is 0. The molecule has 1 aromatic rings. The standard InChI is InChI=1S/C14H25N5S/c15-17-14-16-9-13(20-14)11-19-7-3-12(4-8-19)10-18-5-1-2-6-18/h9,12H,1-8,10-11,15H2,(H,16,17). The van der Waals surface area contributed by atoms with Crippen LogP contribution in [0.2, 0.25) is 0 Å². The average Bonchev–Trinajstić information content (AvgIpc) is 3.12. The molecular weight excluding hydrogens is 270 g/mol. The molecule has 0 bridgehead atoms. The number of piperidine rings is 1. The van der Waals surface area contributed by atoms with Crippen molar-refractivity contribution < 1.29 is 0 Å². The maximum absolute atomic E-state index is 5.37. The van der Waals surface area contributed by atoms with Gasteiger partial charge in [-0.05, 0) is 57.8 Å². The fourth-order valence-corrected chi connectivity index (χ4v) is 4.09. The predicted octanol–water partition coefficient (Wildman–Crippen LogP) is 1.74. The number of hydrogen-bond donors (Lipinski definition) is 2. The van der Waals surface area contributed by atoms with Gasteiger partial charge in [0.05, 0.1) is 0 Å². The van der Waals surface area contributed by atoms with Gasteiger partial charge in [0.2, 0.25) is 0 Å². The highest BCUT2D eigenvalue weighted by Gasteiger charge is 2.23. The molecule has 3 rings (SSSR count). The molecule has 2 aliphatic rings. The van der Waals surface area contributed by atoms with Gasteiger partial charge in [-0.25, -0.2) is 10.8 Å². The van der Waals surface area contributed by atoms with Crippen LogP contribution in [-0.4, -0.2) is 47.5 Å². The molecule has 3 N–H and O–H groups in total. The number of nitrogen functional groups attached to an aromatic ring is 1. The van der Waals surface area contributed by atoms with Crippen LogP contribution in [0.5, 0.6) is 0 Å². The quantitative estimate of drug-likeness (QED) is 0.640. The first kappa shape index (κ1) is 14.3. The molecule has 6 heteroatoms. The molecule has 2 saturated heterocycles. The van der Waals surface area contributed by atoms with E-state index in [1.54, 1.807) is 11.3 Å². The zero-order valence-electron chi connectivity index (χ0n) is 12.1. The number of likely N-dealkylation sites (tertiary alicyclic amines) is 2. The minimum atomic E-state index is 0.809. The third-order valence-corrected chi connectivity index (χ3v) is 5.39. The largest absolute Gasteiger partial charge is 0.303 e. The summed E-state index contributed by atoms with van der Waals surface area (Å²) >= 11 is 1.66. The summed E-state index contributed by atoms with van der Waals surface area (Å²) in [4.78, 5) is 10.7. The Morgan fingerprint density at radius 3 is 2.60 bits per heavy atom. The van der Waals surface area contributed by atoms with Gasteiger partial charge in [0.1, 0.15) is 0 Å². The maximum atomic E-state index is 5.37. The maximum Gasteiger partial charge on any atom is 0.197 e. The summed E-state index contributed by atoms with van der Waals surface area (Å²) in [5.41, 5.74) is 2.62. The van der Waals surface area contributed by atoms with Crippen LogP contribution in [0.25, 0.3) is 0 Å². The van der Waals surface area contributed by atoms with Gasteiger partial charge >= 0.3 is 0 Å². The monoisotopic (exact) mass is 295 g/mol. The fraction of sp³-hybridized carbons (Fsp3) is 0.786. The van der Waals surface area contributed by atoms with Gasteiger partial charge in [0.25, 0.3) is 0 Å². The molecule has 5 nitrogen and oxygen atoms in total. The number of nitrogens with two attached hydrogens (primary N) is 1. The molecule has 0 atom stereocenters. The van der Waals surface area contributed by atoms with Gasteiger partial charge < -0.3 is 4.90 Å². The second kappa shape index (κ2) is 6.85. The Morgan fingerprint density at radius 1 is 1.20 bits per heavy atom. The van der Waals surface area contributed by atoms with Gasteiger partial charge in [-0.1, -0.05) is 11.3 Å². The van der Waals surface area contributed by atoms with E-state index in [-0.39, 0.29) is 0 Å². The van der Waals surface area contributed by atoms with Crippen molar-refractivity contribution in [3.8, 4) is 0 Å². The molecule has 3 heterocycles. The highest BCUT2D eigenvalue weighted by molar-refractivity contribution is 7.15. The van der Waals surface area contributed by atoms with Crippen LogP contribution in [0, 0.1) is 5.92 Å². The SMILES string of the molecule is NNc1ncc(CN2CCC(CN3CCCC3)CC2)s1. The predicted molar refractivity (Wildman–Crippen MR) is 83.6 cm³/mol. The Bertz CT molecular complexity index is 407. The van der Waals surface area contributed by atoms with E-state index in [9.17, 15) is 0 Å². The zero-order chi connectivity index (χ0) is 13.8. The normalized spacial score (nSPS) is 22.4. The summed E-state index contributed by atoms with van der Waals surface area (Å²) in [5.74, 6) is 6.28. The molecule has 0 saturated carbocycles. The first-order valence-corrected chi connectivity index (χ1v) is 8.51. The summed E-state index contributed by atoms with van der Waals surface area (Å²) in [7, 11) is 0. The lowest BCUT2D eigenvalue weighted by Crippen LogP contribution is -2.37. The minimum Gasteiger partial charge on any atom is -0.303 e. The Hall–Kier alpha value is -0.690. The fourth-order valence-electron chi connectivity index (χ4n) is 3.33. The third-order valence-electron chi connectivity index (χ3n) is 4.48. The molecule has 2 aliphatic heterocycles. The van der Waals surface area contributed by atoms with Crippen molar-refractivity contribution in [1.82, 2.24) is 14.8 Å². The van der Waals surface area contributed by atoms with Crippen molar-refractivity contribution in [3.63, 3.8) is 0 Å². The van der Waals surface area contributed by atoms with Gasteiger partial charge in [-0.15, -0.1) is 0 Å². The van der Waals surface area contributed by atoms with Crippen molar-refractivity contribution in [2.24, 2.45) is 11.8 Å². The van der Waals surface area contributed by atoms with Crippen LogP contribution in [0.15, 0.2) is 6.20 Å². The number of hydrazine groups is 1. The lowest BCUT2D eigenvalue weighted by atomic mass is 9.96. The van der Waals surface area contributed by atoms with Gasteiger partial charge in [-0.3, -0.25) is 10.3 Å². The van der Waals surface area contributed by atoms with Crippen LogP contribution >= 0.6 is 11.3 Å². The summed E-state index contributed by atoms with van der Waals surface area (Å²) < 4.78 is 0. The van der Waals surface area contributed by atoms with E-state index >= 15 is 0 Å². The number of nitrogens with one attached hydrogen (secondary N) is 1. The molecule has 20 heavy (non-hydrogen) atoms. The first-order valence-electron chi connectivity index (χ1n) is 7.69. The van der Waals surface area contributed by atoms with E-state index < -0.39 is 0 Å². The topological polar surface area (TPSA) is 57.4 Å². The molecule has 0 radical (unpaired) electrons. The van der Waals surface area contributed by atoms with Gasteiger partial charge in [0.15, 0.2) is 5.13 Å². The summed E-state index contributed by atoms with van der Waals surface area (Å²) in [5, 5.41) is 0.809. The number of rotatable bonds is 5. The summed E-state index contributed by atoms with van der Waals surface area (Å²) in [6.07, 6.45) is 7.44. The number of hydrogen-bond acceptors (Lipinski definition) is 6. The minimum absolute atomic E-state index is 0.809. The Labute approximate surface area is 125 Å². The number of aromatic nitrogens is 1. The van der Waals surface area contributed by atoms with Crippen LogP contribution < -0.4 is 11.3 Å². The lowest BCUT2D eigenvalue weighted by molar-refractivity contribution is 0.149. The van der Waals surface area contributed by atoms with Crippen molar-refractivity contribution in [1.29, 1.82) is 0 Å². The molecule has 0 unspecified atom stereocenters. The van der Waals surface area contributed by atoms with Gasteiger partial charge in [-0.2, -0.15) is 0 Å².